The fraction of sp³-hybridized carbons (Fsp3) is 0.385. The van der Waals surface area contributed by atoms with Crippen molar-refractivity contribution in [3.63, 3.8) is 0 Å². The summed E-state index contributed by atoms with van der Waals surface area (Å²) in [6.07, 6.45) is 2.93. The maximum atomic E-state index is 11.5. The summed E-state index contributed by atoms with van der Waals surface area (Å²) < 4.78 is 15.1. The first kappa shape index (κ1) is 14.2. The molecule has 1 rings (SSSR count). The van der Waals surface area contributed by atoms with Gasteiger partial charge in [-0.05, 0) is 6.42 Å². The Balaban J connectivity index is 2.91. The molecule has 0 heterocycles. The standard InChI is InChI=1S/C13H17O5/c1-4-5-6-12(15)18-11-8-9(16-2)7-10(14)13(11)17-3/h6-8,14H,4-5H2,1-3H3. The summed E-state index contributed by atoms with van der Waals surface area (Å²) >= 11 is 0. The van der Waals surface area contributed by atoms with Crippen molar-refractivity contribution in [1.82, 2.24) is 0 Å². The average molecular weight is 253 g/mol. The van der Waals surface area contributed by atoms with Crippen LogP contribution in [0.25, 0.3) is 0 Å². The van der Waals surface area contributed by atoms with Gasteiger partial charge in [0.25, 0.3) is 0 Å². The summed E-state index contributed by atoms with van der Waals surface area (Å²) in [5.74, 6) is -0.00899. The maximum absolute atomic E-state index is 11.5. The Hall–Kier alpha value is -1.91. The van der Waals surface area contributed by atoms with E-state index in [1.54, 1.807) is 0 Å². The van der Waals surface area contributed by atoms with E-state index in [9.17, 15) is 9.90 Å². The normalized spacial score (nSPS) is 9.94. The second-order valence-corrected chi connectivity index (χ2v) is 3.59. The van der Waals surface area contributed by atoms with Crippen LogP contribution < -0.4 is 14.2 Å². The fourth-order valence-electron chi connectivity index (χ4n) is 1.37. The van der Waals surface area contributed by atoms with Crippen LogP contribution in [0.15, 0.2) is 12.1 Å². The third kappa shape index (κ3) is 3.55. The number of hydrogen-bond donors (Lipinski definition) is 1. The summed E-state index contributed by atoms with van der Waals surface area (Å²) in [5, 5.41) is 9.69. The van der Waals surface area contributed by atoms with E-state index in [2.05, 4.69) is 0 Å². The van der Waals surface area contributed by atoms with Crippen molar-refractivity contribution in [3.05, 3.63) is 18.6 Å². The predicted molar refractivity (Wildman–Crippen MR) is 66.1 cm³/mol. The van der Waals surface area contributed by atoms with Crippen LogP contribution in [0.2, 0.25) is 0 Å². The minimum Gasteiger partial charge on any atom is -0.504 e. The van der Waals surface area contributed by atoms with Gasteiger partial charge in [0, 0.05) is 12.1 Å². The Bertz CT molecular complexity index is 414. The van der Waals surface area contributed by atoms with E-state index in [4.69, 9.17) is 14.2 Å². The van der Waals surface area contributed by atoms with Crippen LogP contribution >= 0.6 is 0 Å². The number of phenolic OH excluding ortho intramolecular Hbond substituents is 1. The molecule has 18 heavy (non-hydrogen) atoms. The monoisotopic (exact) mass is 253 g/mol. The van der Waals surface area contributed by atoms with E-state index in [0.717, 1.165) is 6.42 Å². The molecule has 1 N–H and O–H groups in total. The van der Waals surface area contributed by atoms with Crippen molar-refractivity contribution in [2.24, 2.45) is 0 Å². The highest BCUT2D eigenvalue weighted by Gasteiger charge is 2.16. The van der Waals surface area contributed by atoms with Gasteiger partial charge in [-0.2, -0.15) is 0 Å². The zero-order valence-corrected chi connectivity index (χ0v) is 10.7. The molecule has 0 saturated heterocycles. The molecule has 0 aliphatic carbocycles. The second kappa shape index (κ2) is 6.74. The number of unbranched alkanes of at least 4 members (excludes halogenated alkanes) is 1. The smallest absolute Gasteiger partial charge is 0.315 e. The van der Waals surface area contributed by atoms with E-state index in [1.807, 2.05) is 6.92 Å². The fourth-order valence-corrected chi connectivity index (χ4v) is 1.37. The lowest BCUT2D eigenvalue weighted by molar-refractivity contribution is -0.130. The Morgan fingerprint density at radius 3 is 2.61 bits per heavy atom. The Kier molecular flexibility index (Phi) is 5.30. The highest BCUT2D eigenvalue weighted by Crippen LogP contribution is 2.40. The summed E-state index contributed by atoms with van der Waals surface area (Å²) in [5.41, 5.74) is 0. The van der Waals surface area contributed by atoms with E-state index in [0.29, 0.717) is 12.2 Å². The van der Waals surface area contributed by atoms with Gasteiger partial charge in [0.2, 0.25) is 5.75 Å². The van der Waals surface area contributed by atoms with Crippen molar-refractivity contribution in [3.8, 4) is 23.0 Å². The third-order valence-corrected chi connectivity index (χ3v) is 2.26. The number of phenols is 1. The molecular weight excluding hydrogens is 236 g/mol. The number of benzene rings is 1. The van der Waals surface area contributed by atoms with Crippen molar-refractivity contribution < 1.29 is 24.1 Å². The molecule has 0 amide bonds. The number of ether oxygens (including phenoxy) is 3. The van der Waals surface area contributed by atoms with Crippen LogP contribution in [0.1, 0.15) is 19.8 Å². The Morgan fingerprint density at radius 1 is 1.33 bits per heavy atom. The zero-order valence-electron chi connectivity index (χ0n) is 10.7. The molecule has 0 aromatic heterocycles. The van der Waals surface area contributed by atoms with Gasteiger partial charge in [-0.25, -0.2) is 0 Å². The molecule has 0 aliphatic rings. The molecule has 0 unspecified atom stereocenters. The van der Waals surface area contributed by atoms with Crippen LogP contribution in [0.4, 0.5) is 0 Å². The first-order valence-corrected chi connectivity index (χ1v) is 5.62. The molecule has 0 spiro atoms. The van der Waals surface area contributed by atoms with E-state index in [1.165, 1.54) is 32.8 Å². The lowest BCUT2D eigenvalue weighted by Gasteiger charge is -2.12. The topological polar surface area (TPSA) is 65.0 Å². The number of aromatic hydroxyl groups is 1. The third-order valence-electron chi connectivity index (χ3n) is 2.26. The number of carbonyl (C=O) groups is 1. The Morgan fingerprint density at radius 2 is 2.06 bits per heavy atom. The summed E-state index contributed by atoms with van der Waals surface area (Å²) in [4.78, 5) is 11.5. The Labute approximate surface area is 106 Å². The first-order valence-electron chi connectivity index (χ1n) is 5.62. The SMILES string of the molecule is CCC[CH]C(=O)Oc1cc(OC)cc(O)c1OC. The molecule has 0 aliphatic heterocycles. The molecular formula is C13H17O5. The highest BCUT2D eigenvalue weighted by molar-refractivity contribution is 5.82. The van der Waals surface area contributed by atoms with Gasteiger partial charge >= 0.3 is 5.97 Å². The van der Waals surface area contributed by atoms with E-state index < -0.39 is 5.97 Å². The van der Waals surface area contributed by atoms with Crippen LogP contribution in [0.3, 0.4) is 0 Å². The van der Waals surface area contributed by atoms with Crippen molar-refractivity contribution in [2.45, 2.75) is 19.8 Å². The molecule has 0 bridgehead atoms. The summed E-state index contributed by atoms with van der Waals surface area (Å²) in [7, 11) is 2.84. The van der Waals surface area contributed by atoms with Gasteiger partial charge in [0.05, 0.1) is 20.6 Å². The average Bonchev–Trinajstić information content (AvgIpc) is 2.35. The summed E-state index contributed by atoms with van der Waals surface area (Å²) in [6, 6.07) is 2.86. The molecule has 0 fully saturated rings. The van der Waals surface area contributed by atoms with Crippen LogP contribution in [-0.2, 0) is 4.79 Å². The largest absolute Gasteiger partial charge is 0.504 e. The highest BCUT2D eigenvalue weighted by atomic mass is 16.6. The number of rotatable bonds is 6. The van der Waals surface area contributed by atoms with Gasteiger partial charge in [-0.15, -0.1) is 0 Å². The molecule has 5 heteroatoms. The van der Waals surface area contributed by atoms with Crippen molar-refractivity contribution in [2.75, 3.05) is 14.2 Å². The molecule has 1 radical (unpaired) electrons. The maximum Gasteiger partial charge on any atom is 0.315 e. The van der Waals surface area contributed by atoms with Gasteiger partial charge < -0.3 is 19.3 Å². The lowest BCUT2D eigenvalue weighted by atomic mass is 10.2. The van der Waals surface area contributed by atoms with Crippen LogP contribution in [-0.4, -0.2) is 25.3 Å². The van der Waals surface area contributed by atoms with Gasteiger partial charge in [0.1, 0.15) is 5.75 Å². The van der Waals surface area contributed by atoms with Gasteiger partial charge in [0.15, 0.2) is 11.5 Å². The second-order valence-electron chi connectivity index (χ2n) is 3.59. The van der Waals surface area contributed by atoms with Crippen LogP contribution in [0, 0.1) is 6.42 Å². The lowest BCUT2D eigenvalue weighted by Crippen LogP contribution is -2.09. The quantitative estimate of drug-likeness (QED) is 0.622. The molecule has 5 nitrogen and oxygen atoms in total. The molecule has 1 aromatic rings. The minimum atomic E-state index is -0.484. The number of methoxy groups -OCH3 is 2. The van der Waals surface area contributed by atoms with Gasteiger partial charge in [-0.1, -0.05) is 13.3 Å². The van der Waals surface area contributed by atoms with Crippen molar-refractivity contribution in [1.29, 1.82) is 0 Å². The number of esters is 1. The van der Waals surface area contributed by atoms with Crippen molar-refractivity contribution >= 4 is 5.97 Å². The number of hydrogen-bond acceptors (Lipinski definition) is 5. The zero-order chi connectivity index (χ0) is 13.5. The van der Waals surface area contributed by atoms with E-state index in [-0.39, 0.29) is 17.2 Å². The number of carbonyl (C=O) groups excluding carboxylic acids is 1. The molecule has 1 aromatic carbocycles. The van der Waals surface area contributed by atoms with Gasteiger partial charge in [-0.3, -0.25) is 4.79 Å². The minimum absolute atomic E-state index is 0.106. The summed E-state index contributed by atoms with van der Waals surface area (Å²) in [6.45, 7) is 1.96. The predicted octanol–water partition coefficient (Wildman–Crippen LogP) is 2.32. The molecule has 0 atom stereocenters. The first-order chi connectivity index (χ1) is 8.62. The molecule has 99 valence electrons. The molecule has 0 saturated carbocycles. The van der Waals surface area contributed by atoms with E-state index >= 15 is 0 Å². The van der Waals surface area contributed by atoms with Crippen LogP contribution in [0.5, 0.6) is 23.0 Å².